The third-order valence-corrected chi connectivity index (χ3v) is 5.15. The van der Waals surface area contributed by atoms with Crippen molar-refractivity contribution < 1.29 is 27.8 Å². The number of benzene rings is 2. The average molecular weight is 470 g/mol. The van der Waals surface area contributed by atoms with Gasteiger partial charge in [-0.1, -0.05) is 13.8 Å². The topological polar surface area (TPSA) is 62.1 Å². The quantitative estimate of drug-likeness (QED) is 0.311. The van der Waals surface area contributed by atoms with E-state index in [1.807, 2.05) is 13.8 Å². The van der Waals surface area contributed by atoms with E-state index in [0.717, 1.165) is 13.2 Å². The number of aliphatic hydroxyl groups is 1. The highest BCUT2D eigenvalue weighted by atomic mass is 19.1. The van der Waals surface area contributed by atoms with E-state index in [9.17, 15) is 23.1 Å². The van der Waals surface area contributed by atoms with Gasteiger partial charge in [0.05, 0.1) is 18.5 Å². The average Bonchev–Trinajstić information content (AvgIpc) is 2.83. The van der Waals surface area contributed by atoms with Crippen molar-refractivity contribution in [1.82, 2.24) is 4.90 Å². The number of hydrogen-bond donors (Lipinski definition) is 1. The molecule has 0 saturated heterocycles. The van der Waals surface area contributed by atoms with Crippen molar-refractivity contribution in [3.63, 3.8) is 0 Å². The maximum atomic E-state index is 14.9. The number of carbonyl (C=O) groups is 1. The third-order valence-electron chi connectivity index (χ3n) is 5.15. The molecular weight excluding hydrogens is 445 g/mol. The summed E-state index contributed by atoms with van der Waals surface area (Å²) in [5.74, 6) is -3.16. The van der Waals surface area contributed by atoms with Crippen LogP contribution in [0.15, 0.2) is 83.5 Å². The Morgan fingerprint density at radius 2 is 1.65 bits per heavy atom. The zero-order chi connectivity index (χ0) is 24.8. The van der Waals surface area contributed by atoms with Gasteiger partial charge in [-0.2, -0.15) is 0 Å². The molecule has 8 heteroatoms. The van der Waals surface area contributed by atoms with E-state index in [0.29, 0.717) is 22.5 Å². The van der Waals surface area contributed by atoms with Crippen LogP contribution in [0, 0.1) is 17.6 Å². The van der Waals surface area contributed by atoms with Crippen LogP contribution in [0.5, 0.6) is 0 Å². The fourth-order valence-electron chi connectivity index (χ4n) is 3.42. The Morgan fingerprint density at radius 3 is 2.18 bits per heavy atom. The molecule has 0 fully saturated rings. The van der Waals surface area contributed by atoms with Crippen LogP contribution in [0.25, 0.3) is 5.70 Å². The van der Waals surface area contributed by atoms with Gasteiger partial charge >= 0.3 is 5.97 Å². The second kappa shape index (κ2) is 10.9. The largest absolute Gasteiger partial charge is 0.502 e. The van der Waals surface area contributed by atoms with Gasteiger partial charge in [0.2, 0.25) is 0 Å². The van der Waals surface area contributed by atoms with Crippen LogP contribution in [0.4, 0.5) is 13.2 Å². The first-order valence-corrected chi connectivity index (χ1v) is 10.6. The molecule has 0 spiro atoms. The molecule has 0 radical (unpaired) electrons. The summed E-state index contributed by atoms with van der Waals surface area (Å²) in [5.41, 5.74) is 2.44. The maximum Gasteiger partial charge on any atom is 0.372 e. The van der Waals surface area contributed by atoms with Crippen molar-refractivity contribution in [3.05, 3.63) is 101 Å². The van der Waals surface area contributed by atoms with Gasteiger partial charge in [-0.15, -0.1) is 0 Å². The summed E-state index contributed by atoms with van der Waals surface area (Å²) in [4.78, 5) is 17.7. The predicted molar refractivity (Wildman–Crippen MR) is 124 cm³/mol. The van der Waals surface area contributed by atoms with E-state index >= 15 is 0 Å². The van der Waals surface area contributed by atoms with Crippen LogP contribution in [0.1, 0.15) is 31.4 Å². The molecule has 1 heterocycles. The smallest absolute Gasteiger partial charge is 0.372 e. The van der Waals surface area contributed by atoms with Crippen LogP contribution < -0.4 is 0 Å². The number of aliphatic imine (C=N–C) groups is 1. The van der Waals surface area contributed by atoms with E-state index in [1.165, 1.54) is 30.5 Å². The Balaban J connectivity index is 2.06. The molecule has 0 saturated carbocycles. The number of ether oxygens (including phenoxy) is 1. The monoisotopic (exact) mass is 470 g/mol. The normalized spacial score (nSPS) is 16.9. The standard InChI is InChI=1S/C26H25F3N2O3/c1-16(2)25-30-22(17-4-8-19(27)9-5-17)14-23(18-6-10-20(28)11-7-18)31(25)15-21(29)12-13-24(32)26(33)34-3/h4-11,13-16,25,32H,12H2,1-3H3/t25-/m1/s1. The van der Waals surface area contributed by atoms with Gasteiger partial charge in [0.25, 0.3) is 0 Å². The Bertz CT molecular complexity index is 1150. The number of hydrogen-bond acceptors (Lipinski definition) is 5. The SMILES string of the molecule is COC(=O)C(O)=CCC(F)=CN1C(c2ccc(F)cc2)=CC(c2ccc(F)cc2)=N[C@H]1C(C)C. The van der Waals surface area contributed by atoms with Crippen molar-refractivity contribution in [1.29, 1.82) is 0 Å². The molecular formula is C26H25F3N2O3. The lowest BCUT2D eigenvalue weighted by Crippen LogP contribution is -2.36. The highest BCUT2D eigenvalue weighted by molar-refractivity contribution is 6.13. The Kier molecular flexibility index (Phi) is 7.94. The van der Waals surface area contributed by atoms with Crippen molar-refractivity contribution in [2.24, 2.45) is 10.9 Å². The molecule has 0 aliphatic carbocycles. The van der Waals surface area contributed by atoms with E-state index in [1.54, 1.807) is 35.2 Å². The van der Waals surface area contributed by atoms with Gasteiger partial charge in [0, 0.05) is 18.2 Å². The molecule has 0 bridgehead atoms. The van der Waals surface area contributed by atoms with Crippen LogP contribution in [-0.2, 0) is 9.53 Å². The minimum absolute atomic E-state index is 0.0670. The van der Waals surface area contributed by atoms with Crippen LogP contribution in [0.2, 0.25) is 0 Å². The van der Waals surface area contributed by atoms with Gasteiger partial charge in [0.15, 0.2) is 5.76 Å². The van der Waals surface area contributed by atoms with E-state index in [4.69, 9.17) is 4.99 Å². The number of methoxy groups -OCH3 is 1. The molecule has 3 rings (SSSR count). The first-order chi connectivity index (χ1) is 16.2. The summed E-state index contributed by atoms with van der Waals surface area (Å²) in [6.07, 6.45) is 3.10. The van der Waals surface area contributed by atoms with Gasteiger partial charge < -0.3 is 14.7 Å². The maximum absolute atomic E-state index is 14.9. The van der Waals surface area contributed by atoms with Gasteiger partial charge in [-0.3, -0.25) is 4.99 Å². The molecule has 34 heavy (non-hydrogen) atoms. The Labute approximate surface area is 196 Å². The van der Waals surface area contributed by atoms with Crippen LogP contribution in [-0.4, -0.2) is 35.0 Å². The fraction of sp³-hybridized carbons (Fsp3) is 0.231. The lowest BCUT2D eigenvalue weighted by atomic mass is 9.99. The summed E-state index contributed by atoms with van der Waals surface area (Å²) < 4.78 is 46.3. The number of esters is 1. The number of carbonyl (C=O) groups excluding carboxylic acids is 1. The second-order valence-corrected chi connectivity index (χ2v) is 7.98. The molecule has 5 nitrogen and oxygen atoms in total. The molecule has 0 aromatic heterocycles. The minimum atomic E-state index is -0.966. The zero-order valence-electron chi connectivity index (χ0n) is 19.0. The number of rotatable bonds is 7. The Hall–Kier alpha value is -3.81. The zero-order valence-corrected chi connectivity index (χ0v) is 19.0. The summed E-state index contributed by atoms with van der Waals surface area (Å²) in [6.45, 7) is 3.84. The molecule has 178 valence electrons. The molecule has 2 aromatic carbocycles. The number of allylic oxidation sites excluding steroid dienone is 3. The van der Waals surface area contributed by atoms with Crippen molar-refractivity contribution >= 4 is 17.4 Å². The molecule has 1 aliphatic rings. The van der Waals surface area contributed by atoms with Gasteiger partial charge in [0.1, 0.15) is 23.6 Å². The predicted octanol–water partition coefficient (Wildman–Crippen LogP) is 5.91. The molecule has 1 N–H and O–H groups in total. The lowest BCUT2D eigenvalue weighted by molar-refractivity contribution is -0.139. The summed E-state index contributed by atoms with van der Waals surface area (Å²) in [5, 5.41) is 9.63. The van der Waals surface area contributed by atoms with Crippen molar-refractivity contribution in [2.45, 2.75) is 26.4 Å². The number of aliphatic hydroxyl groups excluding tert-OH is 1. The minimum Gasteiger partial charge on any atom is -0.502 e. The first kappa shape index (κ1) is 24.8. The molecule has 0 amide bonds. The summed E-state index contributed by atoms with van der Waals surface area (Å²) in [6, 6.07) is 11.6. The molecule has 0 unspecified atom stereocenters. The third kappa shape index (κ3) is 5.95. The second-order valence-electron chi connectivity index (χ2n) is 7.98. The summed E-state index contributed by atoms with van der Waals surface area (Å²) >= 11 is 0. The van der Waals surface area contributed by atoms with E-state index in [2.05, 4.69) is 4.74 Å². The molecule has 1 atom stereocenters. The van der Waals surface area contributed by atoms with E-state index < -0.39 is 29.5 Å². The first-order valence-electron chi connectivity index (χ1n) is 10.6. The highest BCUT2D eigenvalue weighted by Gasteiger charge is 2.28. The highest BCUT2D eigenvalue weighted by Crippen LogP contribution is 2.32. The van der Waals surface area contributed by atoms with Crippen LogP contribution in [0.3, 0.4) is 0 Å². The lowest BCUT2D eigenvalue weighted by Gasteiger charge is -2.36. The molecule has 2 aromatic rings. The molecule has 1 aliphatic heterocycles. The summed E-state index contributed by atoms with van der Waals surface area (Å²) in [7, 11) is 1.11. The Morgan fingerprint density at radius 1 is 1.09 bits per heavy atom. The van der Waals surface area contributed by atoms with Gasteiger partial charge in [-0.05, 0) is 72.2 Å². The number of halogens is 3. The van der Waals surface area contributed by atoms with Crippen molar-refractivity contribution in [3.8, 4) is 0 Å². The van der Waals surface area contributed by atoms with Gasteiger partial charge in [-0.25, -0.2) is 18.0 Å². The van der Waals surface area contributed by atoms with Crippen LogP contribution >= 0.6 is 0 Å². The number of nitrogens with zero attached hydrogens (tertiary/aromatic N) is 2. The van der Waals surface area contributed by atoms with Crippen molar-refractivity contribution in [2.75, 3.05) is 7.11 Å². The van der Waals surface area contributed by atoms with E-state index in [-0.39, 0.29) is 18.2 Å². The fourth-order valence-corrected chi connectivity index (χ4v) is 3.42.